The first kappa shape index (κ1) is 11.9. The van der Waals surface area contributed by atoms with Crippen LogP contribution in [0.3, 0.4) is 0 Å². The van der Waals surface area contributed by atoms with Gasteiger partial charge in [0.2, 0.25) is 0 Å². The molecular weight excluding hydrogens is 232 g/mol. The lowest BCUT2D eigenvalue weighted by Gasteiger charge is -2.16. The van der Waals surface area contributed by atoms with Crippen molar-refractivity contribution in [1.29, 1.82) is 0 Å². The number of rotatable bonds is 4. The molecule has 1 aliphatic heterocycles. The van der Waals surface area contributed by atoms with E-state index >= 15 is 0 Å². The van der Waals surface area contributed by atoms with Crippen molar-refractivity contribution < 1.29 is 23.0 Å². The first-order chi connectivity index (χ1) is 8.15. The summed E-state index contributed by atoms with van der Waals surface area (Å²) in [4.78, 5) is 0. The van der Waals surface area contributed by atoms with Gasteiger partial charge >= 0.3 is 6.61 Å². The molecule has 1 heterocycles. The molecule has 0 unspecified atom stereocenters. The van der Waals surface area contributed by atoms with E-state index in [2.05, 4.69) is 4.74 Å². The van der Waals surface area contributed by atoms with E-state index in [-0.39, 0.29) is 17.6 Å². The van der Waals surface area contributed by atoms with Gasteiger partial charge in [-0.25, -0.2) is 0 Å². The molecule has 1 saturated heterocycles. The summed E-state index contributed by atoms with van der Waals surface area (Å²) in [6, 6.07) is 4.32. The highest BCUT2D eigenvalue weighted by Gasteiger charge is 2.20. The van der Waals surface area contributed by atoms with Crippen molar-refractivity contribution in [2.75, 3.05) is 18.9 Å². The van der Waals surface area contributed by atoms with Crippen molar-refractivity contribution in [3.63, 3.8) is 0 Å². The van der Waals surface area contributed by atoms with E-state index in [1.807, 2.05) is 0 Å². The highest BCUT2D eigenvalue weighted by molar-refractivity contribution is 5.52. The fourth-order valence-electron chi connectivity index (χ4n) is 1.60. The molecule has 0 amide bonds. The standard InChI is InChI=1S/C11H13F2NO3/c12-11(13)17-9-2-1-7(14)5-10(9)16-8-3-4-15-6-8/h1-2,5,8,11H,3-4,6,14H2/t8-/m1/s1. The van der Waals surface area contributed by atoms with Gasteiger partial charge in [0.1, 0.15) is 6.10 Å². The van der Waals surface area contributed by atoms with Crippen LogP contribution in [0.25, 0.3) is 0 Å². The van der Waals surface area contributed by atoms with Gasteiger partial charge in [0.15, 0.2) is 11.5 Å². The smallest absolute Gasteiger partial charge is 0.387 e. The zero-order valence-electron chi connectivity index (χ0n) is 9.07. The Morgan fingerprint density at radius 2 is 2.18 bits per heavy atom. The molecule has 17 heavy (non-hydrogen) atoms. The lowest BCUT2D eigenvalue weighted by Crippen LogP contribution is -2.17. The lowest BCUT2D eigenvalue weighted by molar-refractivity contribution is -0.0520. The second-order valence-electron chi connectivity index (χ2n) is 3.69. The third kappa shape index (κ3) is 3.20. The third-order valence-electron chi connectivity index (χ3n) is 2.37. The summed E-state index contributed by atoms with van der Waals surface area (Å²) in [6.07, 6.45) is 0.583. The van der Waals surface area contributed by atoms with Crippen molar-refractivity contribution in [3.8, 4) is 11.5 Å². The van der Waals surface area contributed by atoms with E-state index in [0.717, 1.165) is 6.42 Å². The van der Waals surface area contributed by atoms with Gasteiger partial charge in [0.25, 0.3) is 0 Å². The largest absolute Gasteiger partial charge is 0.484 e. The zero-order valence-corrected chi connectivity index (χ0v) is 9.07. The summed E-state index contributed by atoms with van der Waals surface area (Å²) in [7, 11) is 0. The molecular formula is C11H13F2NO3. The highest BCUT2D eigenvalue weighted by Crippen LogP contribution is 2.32. The molecule has 2 rings (SSSR count). The van der Waals surface area contributed by atoms with Gasteiger partial charge < -0.3 is 19.9 Å². The summed E-state index contributed by atoms with van der Waals surface area (Å²) in [6.45, 7) is -1.83. The molecule has 0 spiro atoms. The van der Waals surface area contributed by atoms with Gasteiger partial charge in [-0.3, -0.25) is 0 Å². The minimum Gasteiger partial charge on any atom is -0.484 e. The number of alkyl halides is 2. The molecule has 1 aromatic carbocycles. The van der Waals surface area contributed by atoms with Crippen LogP contribution in [0.15, 0.2) is 18.2 Å². The van der Waals surface area contributed by atoms with Crippen LogP contribution >= 0.6 is 0 Å². The van der Waals surface area contributed by atoms with Crippen molar-refractivity contribution in [3.05, 3.63) is 18.2 Å². The summed E-state index contributed by atoms with van der Waals surface area (Å²) >= 11 is 0. The predicted octanol–water partition coefficient (Wildman–Crippen LogP) is 2.04. The van der Waals surface area contributed by atoms with Gasteiger partial charge in [-0.2, -0.15) is 8.78 Å². The van der Waals surface area contributed by atoms with Crippen LogP contribution in [0.1, 0.15) is 6.42 Å². The van der Waals surface area contributed by atoms with Crippen LogP contribution in [0, 0.1) is 0 Å². The molecule has 1 fully saturated rings. The Labute approximate surface area is 97.3 Å². The lowest BCUT2D eigenvalue weighted by atomic mass is 10.2. The van der Waals surface area contributed by atoms with Crippen LogP contribution in [0.5, 0.6) is 11.5 Å². The summed E-state index contributed by atoms with van der Waals surface area (Å²) in [5, 5.41) is 0. The van der Waals surface area contributed by atoms with Crippen molar-refractivity contribution in [1.82, 2.24) is 0 Å². The monoisotopic (exact) mass is 245 g/mol. The Bertz CT molecular complexity index is 381. The van der Waals surface area contributed by atoms with Crippen molar-refractivity contribution in [2.24, 2.45) is 0 Å². The Kier molecular flexibility index (Phi) is 3.63. The van der Waals surface area contributed by atoms with Crippen LogP contribution < -0.4 is 15.2 Å². The first-order valence-corrected chi connectivity index (χ1v) is 5.24. The van der Waals surface area contributed by atoms with Crippen LogP contribution in [0.4, 0.5) is 14.5 Å². The molecule has 0 bridgehead atoms. The van der Waals surface area contributed by atoms with Crippen LogP contribution in [-0.2, 0) is 4.74 Å². The van der Waals surface area contributed by atoms with Gasteiger partial charge in [-0.05, 0) is 12.1 Å². The van der Waals surface area contributed by atoms with Crippen molar-refractivity contribution in [2.45, 2.75) is 19.1 Å². The quantitative estimate of drug-likeness (QED) is 0.825. The number of hydrogen-bond acceptors (Lipinski definition) is 4. The molecule has 0 aliphatic carbocycles. The molecule has 94 valence electrons. The van der Waals surface area contributed by atoms with E-state index < -0.39 is 6.61 Å². The zero-order chi connectivity index (χ0) is 12.3. The maximum absolute atomic E-state index is 12.2. The van der Waals surface area contributed by atoms with E-state index in [1.165, 1.54) is 18.2 Å². The Balaban J connectivity index is 2.13. The van der Waals surface area contributed by atoms with E-state index in [0.29, 0.717) is 18.9 Å². The second-order valence-corrected chi connectivity index (χ2v) is 3.69. The first-order valence-electron chi connectivity index (χ1n) is 5.24. The van der Waals surface area contributed by atoms with Crippen molar-refractivity contribution >= 4 is 5.69 Å². The molecule has 0 radical (unpaired) electrons. The van der Waals surface area contributed by atoms with Crippen LogP contribution in [0.2, 0.25) is 0 Å². The SMILES string of the molecule is Nc1ccc(OC(F)F)c(O[C@@H]2CCOC2)c1. The maximum Gasteiger partial charge on any atom is 0.387 e. The number of halogens is 2. The maximum atomic E-state index is 12.2. The average molecular weight is 245 g/mol. The van der Waals surface area contributed by atoms with Gasteiger partial charge in [-0.15, -0.1) is 0 Å². The molecule has 1 aromatic rings. The molecule has 1 atom stereocenters. The van der Waals surface area contributed by atoms with E-state index in [1.54, 1.807) is 0 Å². The Hall–Kier alpha value is -1.56. The molecule has 2 N–H and O–H groups in total. The second kappa shape index (κ2) is 5.18. The van der Waals surface area contributed by atoms with Gasteiger partial charge in [0, 0.05) is 18.2 Å². The topological polar surface area (TPSA) is 53.7 Å². The van der Waals surface area contributed by atoms with Gasteiger partial charge in [0.05, 0.1) is 13.2 Å². The number of anilines is 1. The third-order valence-corrected chi connectivity index (χ3v) is 2.37. The Morgan fingerprint density at radius 1 is 1.35 bits per heavy atom. The molecule has 4 nitrogen and oxygen atoms in total. The Morgan fingerprint density at radius 3 is 2.82 bits per heavy atom. The summed E-state index contributed by atoms with van der Waals surface area (Å²) in [5.74, 6) is 0.210. The normalized spacial score (nSPS) is 19.6. The van der Waals surface area contributed by atoms with E-state index in [9.17, 15) is 8.78 Å². The number of nitrogen functional groups attached to an aromatic ring is 1. The van der Waals surface area contributed by atoms with Gasteiger partial charge in [-0.1, -0.05) is 0 Å². The fraction of sp³-hybridized carbons (Fsp3) is 0.455. The molecule has 6 heteroatoms. The number of nitrogens with two attached hydrogens (primary N) is 1. The summed E-state index contributed by atoms with van der Waals surface area (Å²) < 4.78 is 39.4. The summed E-state index contributed by atoms with van der Waals surface area (Å²) in [5.41, 5.74) is 6.01. The number of hydrogen-bond donors (Lipinski definition) is 1. The average Bonchev–Trinajstić information content (AvgIpc) is 2.74. The fourth-order valence-corrected chi connectivity index (χ4v) is 1.60. The molecule has 1 aliphatic rings. The van der Waals surface area contributed by atoms with Crippen LogP contribution in [-0.4, -0.2) is 25.9 Å². The molecule has 0 aromatic heterocycles. The minimum atomic E-state index is -2.89. The highest BCUT2D eigenvalue weighted by atomic mass is 19.3. The number of benzene rings is 1. The minimum absolute atomic E-state index is 0.0129. The number of ether oxygens (including phenoxy) is 3. The van der Waals surface area contributed by atoms with E-state index in [4.69, 9.17) is 15.2 Å². The predicted molar refractivity (Wildman–Crippen MR) is 57.3 cm³/mol. The molecule has 0 saturated carbocycles.